The number of carbonyl (C=O) groups is 1. The normalized spacial score (nSPS) is 27.6. The van der Waals surface area contributed by atoms with Gasteiger partial charge >= 0.3 is 19.6 Å². The molecule has 0 aromatic heterocycles. The lowest BCUT2D eigenvalue weighted by molar-refractivity contribution is -0.137. The third kappa shape index (κ3) is 2.61. The minimum atomic E-state index is -1.46. The van der Waals surface area contributed by atoms with Crippen molar-refractivity contribution in [3.63, 3.8) is 0 Å². The van der Waals surface area contributed by atoms with Crippen LogP contribution in [0.5, 0.6) is 0 Å². The van der Waals surface area contributed by atoms with Crippen molar-refractivity contribution < 1.29 is 9.36 Å². The van der Waals surface area contributed by atoms with Crippen molar-refractivity contribution in [2.45, 2.75) is 24.7 Å². The molecule has 6 nitrogen and oxygen atoms in total. The summed E-state index contributed by atoms with van der Waals surface area (Å²) in [6.07, 6.45) is 0.557. The van der Waals surface area contributed by atoms with Crippen LogP contribution in [0.1, 0.15) is 12.0 Å². The maximum atomic E-state index is 12.0. The van der Waals surface area contributed by atoms with Crippen molar-refractivity contribution >= 4 is 20.1 Å². The first-order valence-electron chi connectivity index (χ1n) is 6.05. The van der Waals surface area contributed by atoms with E-state index in [1.165, 1.54) is 0 Å². The molecule has 1 aliphatic heterocycles. The summed E-state index contributed by atoms with van der Waals surface area (Å²) in [5.74, 6) is 5.06. The molecular formula is C12H18N4O2P+. The Kier molecular flexibility index (Phi) is 3.85. The average Bonchev–Trinajstić information content (AvgIpc) is 2.42. The van der Waals surface area contributed by atoms with Crippen molar-refractivity contribution in [2.75, 3.05) is 11.9 Å². The second kappa shape index (κ2) is 5.25. The molecule has 0 spiro atoms. The van der Waals surface area contributed by atoms with Crippen LogP contribution in [0.25, 0.3) is 0 Å². The zero-order chi connectivity index (χ0) is 14.0. The molecule has 1 amide bonds. The minimum Gasteiger partial charge on any atom is -0.376 e. The average molecular weight is 281 g/mol. The molecule has 0 bridgehead atoms. The van der Waals surface area contributed by atoms with Gasteiger partial charge in [-0.05, 0) is 25.5 Å². The van der Waals surface area contributed by atoms with Crippen LogP contribution in [0.2, 0.25) is 0 Å². The Morgan fingerprint density at radius 3 is 2.63 bits per heavy atom. The monoisotopic (exact) mass is 281 g/mol. The van der Waals surface area contributed by atoms with Crippen LogP contribution < -0.4 is 16.9 Å². The highest BCUT2D eigenvalue weighted by Gasteiger charge is 2.55. The zero-order valence-corrected chi connectivity index (χ0v) is 11.7. The molecule has 0 radical (unpaired) electrons. The van der Waals surface area contributed by atoms with Crippen LogP contribution in [0, 0.1) is 6.92 Å². The molecule has 19 heavy (non-hydrogen) atoms. The van der Waals surface area contributed by atoms with Gasteiger partial charge in [0.2, 0.25) is 0 Å². The van der Waals surface area contributed by atoms with Crippen LogP contribution >= 0.6 is 8.46 Å². The lowest BCUT2D eigenvalue weighted by Gasteiger charge is -2.35. The van der Waals surface area contributed by atoms with Gasteiger partial charge in [-0.15, -0.1) is 0 Å². The lowest BCUT2D eigenvalue weighted by Crippen LogP contribution is -2.66. The number of carbonyl (C=O) groups excluding carboxylic acids is 1. The summed E-state index contributed by atoms with van der Waals surface area (Å²) < 4.78 is 11.4. The zero-order valence-electron chi connectivity index (χ0n) is 10.7. The Bertz CT molecular complexity index is 493. The molecular weight excluding hydrogens is 263 g/mol. The molecule has 2 unspecified atom stereocenters. The van der Waals surface area contributed by atoms with Crippen molar-refractivity contribution in [1.82, 2.24) is 5.01 Å². The molecule has 102 valence electrons. The molecule has 1 aromatic carbocycles. The Hall–Kier alpha value is -1.49. The van der Waals surface area contributed by atoms with E-state index in [1.54, 1.807) is 0 Å². The van der Waals surface area contributed by atoms with E-state index in [-0.39, 0.29) is 0 Å². The highest BCUT2D eigenvalue weighted by atomic mass is 31.1. The van der Waals surface area contributed by atoms with Gasteiger partial charge in [0.25, 0.3) is 0 Å². The Balaban J connectivity index is 2.21. The number of piperidine rings is 1. The van der Waals surface area contributed by atoms with Crippen molar-refractivity contribution in [1.29, 1.82) is 0 Å². The van der Waals surface area contributed by atoms with E-state index < -0.39 is 25.7 Å². The Morgan fingerprint density at radius 2 is 2.05 bits per heavy atom. The Labute approximate surface area is 113 Å². The first-order chi connectivity index (χ1) is 8.97. The second-order valence-corrected chi connectivity index (χ2v) is 5.85. The first-order valence-corrected chi connectivity index (χ1v) is 6.96. The molecule has 1 aliphatic rings. The maximum Gasteiger partial charge on any atom is 0.359 e. The number of nitrogens with two attached hydrogens (primary N) is 2. The van der Waals surface area contributed by atoms with Gasteiger partial charge in [-0.2, -0.15) is 0 Å². The Morgan fingerprint density at radius 1 is 1.42 bits per heavy atom. The van der Waals surface area contributed by atoms with Gasteiger partial charge in [-0.1, -0.05) is 22.3 Å². The van der Waals surface area contributed by atoms with E-state index in [0.29, 0.717) is 13.0 Å². The van der Waals surface area contributed by atoms with Crippen LogP contribution in [-0.4, -0.2) is 28.8 Å². The summed E-state index contributed by atoms with van der Waals surface area (Å²) >= 11 is 0. The number of amides is 1. The number of hydrogen-bond donors (Lipinski definition) is 3. The third-order valence-electron chi connectivity index (χ3n) is 3.38. The first kappa shape index (κ1) is 13.9. The minimum absolute atomic E-state index is 0.390. The summed E-state index contributed by atoms with van der Waals surface area (Å²) in [7, 11) is -0.950. The molecule has 1 fully saturated rings. The predicted octanol–water partition coefficient (Wildman–Crippen LogP) is 0.561. The van der Waals surface area contributed by atoms with Crippen LogP contribution in [0.15, 0.2) is 24.3 Å². The van der Waals surface area contributed by atoms with E-state index in [4.69, 9.17) is 11.6 Å². The summed E-state index contributed by atoms with van der Waals surface area (Å²) in [5.41, 5.74) is 7.97. The topological polar surface area (TPSA) is 101 Å². The van der Waals surface area contributed by atoms with E-state index in [9.17, 15) is 9.36 Å². The number of nitrogens with zero attached hydrogens (tertiary/aromatic N) is 1. The van der Waals surface area contributed by atoms with Crippen LogP contribution in [0.3, 0.4) is 0 Å². The van der Waals surface area contributed by atoms with Crippen LogP contribution in [-0.2, 0) is 9.36 Å². The molecule has 0 aliphatic carbocycles. The van der Waals surface area contributed by atoms with E-state index in [0.717, 1.165) is 16.3 Å². The molecule has 1 saturated heterocycles. The van der Waals surface area contributed by atoms with Gasteiger partial charge in [0, 0.05) is 12.2 Å². The van der Waals surface area contributed by atoms with Gasteiger partial charge in [0.1, 0.15) is 6.04 Å². The largest absolute Gasteiger partial charge is 0.376 e. The third-order valence-corrected chi connectivity index (χ3v) is 4.28. The number of hydrazine groups is 1. The van der Waals surface area contributed by atoms with E-state index >= 15 is 0 Å². The lowest BCUT2D eigenvalue weighted by atomic mass is 9.99. The number of nitrogens with one attached hydrogen (secondary N) is 1. The SMILES string of the molecule is Cc1ccc(NC2CCN(N)C(=O)[C@@]2(N)[PH+]=O)cc1. The van der Waals surface area contributed by atoms with Gasteiger partial charge in [-0.3, -0.25) is 15.5 Å². The fourth-order valence-corrected chi connectivity index (χ4v) is 2.73. The molecule has 1 aromatic rings. The quantitative estimate of drug-likeness (QED) is 0.427. The molecule has 5 N–H and O–H groups in total. The molecule has 3 atom stereocenters. The summed E-state index contributed by atoms with van der Waals surface area (Å²) in [4.78, 5) is 12.0. The van der Waals surface area contributed by atoms with Crippen LogP contribution in [0.4, 0.5) is 5.69 Å². The summed E-state index contributed by atoms with van der Waals surface area (Å²) in [6, 6.07) is 7.34. The molecule has 2 rings (SSSR count). The van der Waals surface area contributed by atoms with Gasteiger partial charge < -0.3 is 5.32 Å². The van der Waals surface area contributed by atoms with Crippen molar-refractivity contribution in [3.05, 3.63) is 29.8 Å². The van der Waals surface area contributed by atoms with Crippen molar-refractivity contribution in [2.24, 2.45) is 11.6 Å². The highest BCUT2D eigenvalue weighted by molar-refractivity contribution is 7.27. The standard InChI is InChI=1S/C12H17N4O2P/c1-8-2-4-9(5-3-8)15-10-6-7-16(14)11(17)12(10,13)19-18/h2-5,10,15H,6-7,13-14H2,1H3/p+1/t10?,12-/m0/s1. The fourth-order valence-electron chi connectivity index (χ4n) is 2.14. The number of rotatable bonds is 3. The molecule has 0 saturated carbocycles. The number of hydrogen-bond acceptors (Lipinski definition) is 5. The highest BCUT2D eigenvalue weighted by Crippen LogP contribution is 2.31. The number of aryl methyl sites for hydroxylation is 1. The van der Waals surface area contributed by atoms with Crippen molar-refractivity contribution in [3.8, 4) is 0 Å². The molecule has 7 heteroatoms. The second-order valence-electron chi connectivity index (χ2n) is 4.82. The number of benzene rings is 1. The number of anilines is 1. The summed E-state index contributed by atoms with van der Waals surface area (Å²) in [5, 5.41) is 2.76. The van der Waals surface area contributed by atoms with E-state index in [2.05, 4.69) is 5.32 Å². The fraction of sp³-hybridized carbons (Fsp3) is 0.417. The van der Waals surface area contributed by atoms with Gasteiger partial charge in [0.05, 0.1) is 0 Å². The predicted molar refractivity (Wildman–Crippen MR) is 75.0 cm³/mol. The van der Waals surface area contributed by atoms with Gasteiger partial charge in [-0.25, -0.2) is 5.84 Å². The maximum absolute atomic E-state index is 12.0. The van der Waals surface area contributed by atoms with E-state index in [1.807, 2.05) is 31.2 Å². The summed E-state index contributed by atoms with van der Waals surface area (Å²) in [6.45, 7) is 2.39. The molecule has 1 heterocycles. The smallest absolute Gasteiger partial charge is 0.359 e. The van der Waals surface area contributed by atoms with Gasteiger partial charge in [0.15, 0.2) is 0 Å².